The van der Waals surface area contributed by atoms with Crippen LogP contribution in [-0.4, -0.2) is 146 Å². The van der Waals surface area contributed by atoms with Gasteiger partial charge in [0.25, 0.3) is 0 Å². The van der Waals surface area contributed by atoms with Crippen LogP contribution < -0.4 is 0 Å². The van der Waals surface area contributed by atoms with Crippen LogP contribution in [0.5, 0.6) is 0 Å². The number of methoxy groups -OCH3 is 1. The van der Waals surface area contributed by atoms with Crippen LogP contribution in [0.15, 0.2) is 49.6 Å². The topological polar surface area (TPSA) is 133 Å². The number of aliphatic hydroxyl groups is 2. The molecule has 12 nitrogen and oxygen atoms in total. The molecular formula is C60H108O12Si3. The van der Waals surface area contributed by atoms with Gasteiger partial charge in [-0.05, 0) is 123 Å². The summed E-state index contributed by atoms with van der Waals surface area (Å²) in [5.41, 5.74) is 2.22. The highest BCUT2D eigenvalue weighted by Crippen LogP contribution is 2.49. The Bertz CT molecular complexity index is 1770. The third-order valence-corrected chi connectivity index (χ3v) is 33.8. The molecule has 6 aliphatic rings. The van der Waals surface area contributed by atoms with E-state index >= 15 is 0 Å². The lowest BCUT2D eigenvalue weighted by Crippen LogP contribution is -2.58. The fraction of sp³-hybridized carbons (Fsp3) is 0.867. The minimum atomic E-state index is -2.00. The largest absolute Gasteiger partial charge is 0.414 e. The average Bonchev–Trinajstić information content (AvgIpc) is 4.02. The van der Waals surface area contributed by atoms with Crippen molar-refractivity contribution in [1.29, 1.82) is 0 Å². The van der Waals surface area contributed by atoms with Gasteiger partial charge in [0.15, 0.2) is 30.7 Å². The first kappa shape index (κ1) is 63.3. The van der Waals surface area contributed by atoms with E-state index in [0.717, 1.165) is 97.6 Å². The van der Waals surface area contributed by atoms with E-state index in [2.05, 4.69) is 95.6 Å². The molecule has 6 rings (SSSR count). The molecule has 0 spiro atoms. The molecule has 0 aromatic carbocycles. The van der Waals surface area contributed by atoms with E-state index in [1.807, 2.05) is 6.08 Å². The first-order chi connectivity index (χ1) is 35.9. The third-order valence-electron chi connectivity index (χ3n) is 19.8. The Labute approximate surface area is 459 Å². The van der Waals surface area contributed by atoms with Crippen molar-refractivity contribution in [3.05, 3.63) is 49.6 Å². The molecule has 0 aromatic rings. The lowest BCUT2D eigenvalue weighted by molar-refractivity contribution is -0.256. The second-order valence-corrected chi connectivity index (χ2v) is 38.1. The lowest BCUT2D eigenvalue weighted by Gasteiger charge is -2.47. The molecule has 6 saturated heterocycles. The van der Waals surface area contributed by atoms with E-state index in [4.69, 9.17) is 46.4 Å². The van der Waals surface area contributed by atoms with Crippen molar-refractivity contribution in [2.24, 2.45) is 11.8 Å². The van der Waals surface area contributed by atoms with E-state index in [1.165, 1.54) is 0 Å². The van der Waals surface area contributed by atoms with Crippen LogP contribution in [0.1, 0.15) is 153 Å². The van der Waals surface area contributed by atoms with Crippen molar-refractivity contribution >= 4 is 25.0 Å². The van der Waals surface area contributed by atoms with E-state index < -0.39 is 49.1 Å². The zero-order valence-corrected chi connectivity index (χ0v) is 52.0. The van der Waals surface area contributed by atoms with Crippen molar-refractivity contribution in [2.75, 3.05) is 13.7 Å². The SMILES string of the molecule is C=CCC1O[C@@H]2CC(O[C@@]3(CCC4CC(=C)C(CCC5CC(C)C(=C)C(C[C@@H]6O[C@H](CC(CO[Si](CC)(CC)CC)O[Si](CC)(CC)CC)[C@H](OC)C6C[C@@H](O)CC=C)O5)O4)C[C@@H](O)C2O3)C1O[Si](CC)(CC)CC. The van der Waals surface area contributed by atoms with E-state index in [9.17, 15) is 10.2 Å². The summed E-state index contributed by atoms with van der Waals surface area (Å²) >= 11 is 0. The molecule has 75 heavy (non-hydrogen) atoms. The number of aliphatic hydroxyl groups excluding tert-OH is 2. The first-order valence-electron chi connectivity index (χ1n) is 30.4. The Morgan fingerprint density at radius 3 is 1.97 bits per heavy atom. The Morgan fingerprint density at radius 2 is 1.36 bits per heavy atom. The summed E-state index contributed by atoms with van der Waals surface area (Å²) in [6.07, 6.45) is 8.94. The van der Waals surface area contributed by atoms with E-state index in [-0.39, 0.29) is 85.1 Å². The van der Waals surface area contributed by atoms with Crippen LogP contribution in [-0.2, 0) is 46.4 Å². The zero-order valence-electron chi connectivity index (χ0n) is 49.0. The minimum absolute atomic E-state index is 0.0240. The van der Waals surface area contributed by atoms with Gasteiger partial charge in [-0.15, -0.1) is 13.2 Å². The van der Waals surface area contributed by atoms with Gasteiger partial charge in [0.05, 0.1) is 92.1 Å². The quantitative estimate of drug-likeness (QED) is 0.0479. The highest BCUT2D eigenvalue weighted by Gasteiger charge is 2.59. The van der Waals surface area contributed by atoms with Gasteiger partial charge in [0.2, 0.25) is 0 Å². The maximum atomic E-state index is 11.4. The van der Waals surface area contributed by atoms with Crippen LogP contribution in [0.2, 0.25) is 54.4 Å². The molecule has 6 aliphatic heterocycles. The predicted octanol–water partition coefficient (Wildman–Crippen LogP) is 12.9. The normalized spacial score (nSPS) is 36.2. The van der Waals surface area contributed by atoms with Crippen molar-refractivity contribution in [1.82, 2.24) is 0 Å². The zero-order chi connectivity index (χ0) is 54.7. The van der Waals surface area contributed by atoms with Crippen LogP contribution >= 0.6 is 0 Å². The maximum Gasteiger partial charge on any atom is 0.192 e. The molecule has 15 heteroatoms. The molecule has 0 saturated carbocycles. The van der Waals surface area contributed by atoms with E-state index in [1.54, 1.807) is 13.2 Å². The smallest absolute Gasteiger partial charge is 0.192 e. The molecule has 4 bridgehead atoms. The van der Waals surface area contributed by atoms with Gasteiger partial charge in [0, 0.05) is 45.1 Å². The standard InChI is InChI=1S/C60H108O12Si3/c1-16-27-44(61)35-48-53(68-54(57(48)63-15)36-47(71-74(21-6,22-7)23-8)40-64-73(18-3,19-4)20-5)37-52-43(14)41(12)33-45(66-52)29-30-50-42(13)34-46(65-50)31-32-60-39-49(62)58(70-60)55-38-56(69-60)59(51(67-55)28-17-2)72-75(24-9,25-10)26-11/h16-17,41,44-59,61-62H,1-2,13-14,18-40H2,3-12,15H3/t41?,44-,45?,46?,47?,48?,49+,50?,51?,52?,53-,54+,55+,56?,57+,58?,59?,60+/m0/s1. The molecule has 0 amide bonds. The number of hydrogen-bond donors (Lipinski definition) is 2. The van der Waals surface area contributed by atoms with Gasteiger partial charge in [0.1, 0.15) is 6.10 Å². The Kier molecular flexibility index (Phi) is 24.2. The number of ether oxygens (including phenoxy) is 7. The lowest BCUT2D eigenvalue weighted by atomic mass is 9.81. The predicted molar refractivity (Wildman–Crippen MR) is 309 cm³/mol. The summed E-state index contributed by atoms with van der Waals surface area (Å²) in [5.74, 6) is -0.711. The van der Waals surface area contributed by atoms with Crippen LogP contribution in [0, 0.1) is 11.8 Å². The first-order valence-corrected chi connectivity index (χ1v) is 38.0. The molecule has 2 N–H and O–H groups in total. The van der Waals surface area contributed by atoms with Gasteiger partial charge < -0.3 is 56.6 Å². The molecule has 0 aromatic heterocycles. The van der Waals surface area contributed by atoms with Gasteiger partial charge in [-0.25, -0.2) is 0 Å². The number of fused-ring (bicyclic) bond motifs is 5. The van der Waals surface area contributed by atoms with Crippen molar-refractivity contribution in [3.63, 3.8) is 0 Å². The monoisotopic (exact) mass is 1100 g/mol. The van der Waals surface area contributed by atoms with Gasteiger partial charge in [-0.1, -0.05) is 94.5 Å². The number of rotatable bonds is 33. The average molecular weight is 1110 g/mol. The molecule has 6 fully saturated rings. The molecule has 11 unspecified atom stereocenters. The summed E-state index contributed by atoms with van der Waals surface area (Å²) in [6, 6.07) is 9.61. The van der Waals surface area contributed by atoms with Gasteiger partial charge in [-0.2, -0.15) is 0 Å². The van der Waals surface area contributed by atoms with Crippen LogP contribution in [0.4, 0.5) is 0 Å². The summed E-state index contributed by atoms with van der Waals surface area (Å²) in [6.45, 7) is 40.5. The maximum absolute atomic E-state index is 11.4. The fourth-order valence-corrected chi connectivity index (χ4v) is 22.6. The van der Waals surface area contributed by atoms with Gasteiger partial charge in [-0.3, -0.25) is 0 Å². The molecule has 0 radical (unpaired) electrons. The van der Waals surface area contributed by atoms with Crippen LogP contribution in [0.3, 0.4) is 0 Å². The minimum Gasteiger partial charge on any atom is -0.414 e. The highest BCUT2D eigenvalue weighted by atomic mass is 28.4. The second-order valence-electron chi connectivity index (χ2n) is 23.9. The summed E-state index contributed by atoms with van der Waals surface area (Å²) in [7, 11) is -4.08. The molecule has 432 valence electrons. The molecule has 6 heterocycles. The second kappa shape index (κ2) is 28.7. The molecular weight excluding hydrogens is 997 g/mol. The summed E-state index contributed by atoms with van der Waals surface area (Å²) in [4.78, 5) is 0. The van der Waals surface area contributed by atoms with Crippen molar-refractivity contribution in [2.45, 2.75) is 304 Å². The van der Waals surface area contributed by atoms with Crippen molar-refractivity contribution in [3.8, 4) is 0 Å². The summed E-state index contributed by atoms with van der Waals surface area (Å²) < 4.78 is 69.6. The Balaban J connectivity index is 1.10. The summed E-state index contributed by atoms with van der Waals surface area (Å²) in [5, 5.41) is 22.7. The highest BCUT2D eigenvalue weighted by molar-refractivity contribution is 6.74. The molecule has 18 atom stereocenters. The fourth-order valence-electron chi connectivity index (χ4n) is 14.2. The van der Waals surface area contributed by atoms with Crippen LogP contribution in [0.25, 0.3) is 0 Å². The number of hydrogen-bond acceptors (Lipinski definition) is 12. The Hall–Kier alpha value is -0.869. The van der Waals surface area contributed by atoms with Crippen molar-refractivity contribution < 1.29 is 56.6 Å². The van der Waals surface area contributed by atoms with Gasteiger partial charge >= 0.3 is 0 Å². The third kappa shape index (κ3) is 15.2. The Morgan fingerprint density at radius 1 is 0.707 bits per heavy atom. The molecule has 0 aliphatic carbocycles. The van der Waals surface area contributed by atoms with E-state index in [0.29, 0.717) is 58.0 Å².